The molecular formula is C17H13F2N3O2. The summed E-state index contributed by atoms with van der Waals surface area (Å²) in [5.41, 5.74) is 1.52. The summed E-state index contributed by atoms with van der Waals surface area (Å²) in [6, 6.07) is 6.31. The number of benzene rings is 1. The van der Waals surface area contributed by atoms with Crippen molar-refractivity contribution >= 4 is 11.9 Å². The molecule has 2 atom stereocenters. The van der Waals surface area contributed by atoms with Crippen LogP contribution in [0.2, 0.25) is 0 Å². The third-order valence-electron chi connectivity index (χ3n) is 4.39. The van der Waals surface area contributed by atoms with E-state index in [1.165, 1.54) is 17.0 Å². The Labute approximate surface area is 136 Å². The number of amides is 3. The molecule has 1 saturated heterocycles. The quantitative estimate of drug-likeness (QED) is 0.880. The molecule has 2 heterocycles. The first kappa shape index (κ1) is 14.7. The number of nitrogens with zero attached hydrogens (tertiary/aromatic N) is 2. The largest absolute Gasteiger partial charge is 0.329 e. The van der Waals surface area contributed by atoms with Gasteiger partial charge in [0.2, 0.25) is 5.91 Å². The van der Waals surface area contributed by atoms with Gasteiger partial charge in [-0.2, -0.15) is 0 Å². The number of hydrogen-bond donors (Lipinski definition) is 1. The fourth-order valence-electron chi connectivity index (χ4n) is 3.08. The van der Waals surface area contributed by atoms with E-state index in [0.717, 1.165) is 11.6 Å². The zero-order chi connectivity index (χ0) is 16.8. The Morgan fingerprint density at radius 3 is 2.62 bits per heavy atom. The van der Waals surface area contributed by atoms with Crippen LogP contribution in [0.1, 0.15) is 17.9 Å². The number of halogens is 2. The number of carbonyl (C=O) groups is 2. The van der Waals surface area contributed by atoms with Crippen molar-refractivity contribution < 1.29 is 18.4 Å². The zero-order valence-corrected chi connectivity index (χ0v) is 12.5. The van der Waals surface area contributed by atoms with Crippen LogP contribution in [-0.4, -0.2) is 34.4 Å². The van der Waals surface area contributed by atoms with E-state index in [1.807, 2.05) is 0 Å². The van der Waals surface area contributed by atoms with Gasteiger partial charge < -0.3 is 5.32 Å². The molecule has 0 bridgehead atoms. The van der Waals surface area contributed by atoms with Crippen molar-refractivity contribution in [2.24, 2.45) is 0 Å². The normalized spacial score (nSPS) is 22.7. The molecule has 4 rings (SSSR count). The maximum Gasteiger partial charge on any atom is 0.324 e. The Kier molecular flexibility index (Phi) is 3.30. The minimum atomic E-state index is -0.668. The van der Waals surface area contributed by atoms with Crippen molar-refractivity contribution in [2.45, 2.75) is 18.4 Å². The molecule has 1 aromatic carbocycles. The van der Waals surface area contributed by atoms with Crippen LogP contribution in [0.4, 0.5) is 13.6 Å². The summed E-state index contributed by atoms with van der Waals surface area (Å²) in [6.07, 6.45) is 2.31. The second-order valence-corrected chi connectivity index (χ2v) is 5.93. The van der Waals surface area contributed by atoms with Crippen LogP contribution in [0.15, 0.2) is 36.5 Å². The van der Waals surface area contributed by atoms with E-state index in [0.29, 0.717) is 12.1 Å². The molecular weight excluding hydrogens is 316 g/mol. The number of pyridine rings is 1. The van der Waals surface area contributed by atoms with Gasteiger partial charge in [0.05, 0.1) is 12.2 Å². The lowest BCUT2D eigenvalue weighted by Gasteiger charge is -2.12. The molecule has 1 N–H and O–H groups in total. The third-order valence-corrected chi connectivity index (χ3v) is 4.39. The number of carbonyl (C=O) groups excluding carboxylic acids is 2. The average Bonchev–Trinajstić information content (AvgIpc) is 3.26. The van der Waals surface area contributed by atoms with Crippen molar-refractivity contribution in [3.05, 3.63) is 53.7 Å². The van der Waals surface area contributed by atoms with Crippen LogP contribution in [0.25, 0.3) is 11.3 Å². The summed E-state index contributed by atoms with van der Waals surface area (Å²) in [5.74, 6) is -1.47. The first-order valence-electron chi connectivity index (χ1n) is 7.56. The number of nitrogens with one attached hydrogen (secondary N) is 1. The van der Waals surface area contributed by atoms with Crippen molar-refractivity contribution in [1.82, 2.24) is 15.2 Å². The van der Waals surface area contributed by atoms with E-state index >= 15 is 0 Å². The van der Waals surface area contributed by atoms with Gasteiger partial charge in [-0.3, -0.25) is 14.7 Å². The summed E-state index contributed by atoms with van der Waals surface area (Å²) in [7, 11) is 0. The summed E-state index contributed by atoms with van der Waals surface area (Å²) >= 11 is 0. The van der Waals surface area contributed by atoms with Crippen LogP contribution in [-0.2, 0) is 4.79 Å². The van der Waals surface area contributed by atoms with E-state index < -0.39 is 11.6 Å². The minimum Gasteiger partial charge on any atom is -0.329 e. The molecule has 1 aromatic heterocycles. The monoisotopic (exact) mass is 329 g/mol. The van der Waals surface area contributed by atoms with Gasteiger partial charge in [0.1, 0.15) is 11.6 Å². The fraction of sp³-hybridized carbons (Fsp3) is 0.235. The highest BCUT2D eigenvalue weighted by Crippen LogP contribution is 2.45. The molecule has 1 aliphatic heterocycles. The van der Waals surface area contributed by atoms with Crippen LogP contribution < -0.4 is 5.32 Å². The van der Waals surface area contributed by atoms with Gasteiger partial charge in [-0.05, 0) is 30.2 Å². The predicted octanol–water partition coefficient (Wildman–Crippen LogP) is 2.43. The Bertz CT molecular complexity index is 822. The molecule has 0 unspecified atom stereocenters. The molecule has 2 fully saturated rings. The van der Waals surface area contributed by atoms with Crippen molar-refractivity contribution in [2.75, 3.05) is 6.54 Å². The number of rotatable bonds is 3. The summed E-state index contributed by atoms with van der Waals surface area (Å²) in [5, 5.41) is 2.50. The first-order chi connectivity index (χ1) is 11.5. The van der Waals surface area contributed by atoms with Gasteiger partial charge in [-0.15, -0.1) is 0 Å². The van der Waals surface area contributed by atoms with E-state index in [1.54, 1.807) is 18.3 Å². The summed E-state index contributed by atoms with van der Waals surface area (Å²) in [4.78, 5) is 28.9. The molecule has 122 valence electrons. The summed E-state index contributed by atoms with van der Waals surface area (Å²) in [6.45, 7) is 0.0447. The first-order valence-corrected chi connectivity index (χ1v) is 7.56. The lowest BCUT2D eigenvalue weighted by atomic mass is 10.1. The number of imide groups is 1. The molecule has 2 aromatic rings. The molecule has 5 nitrogen and oxygen atoms in total. The molecule has 2 aliphatic rings. The molecule has 0 spiro atoms. The topological polar surface area (TPSA) is 62.3 Å². The highest BCUT2D eigenvalue weighted by Gasteiger charge is 2.49. The SMILES string of the molecule is O=C1CNC(=O)N1[C@H]1C[C@@H]1c1ccc(-c2ccc(F)cc2F)nc1. The maximum atomic E-state index is 13.8. The van der Waals surface area contributed by atoms with Crippen LogP contribution >= 0.6 is 0 Å². The average molecular weight is 329 g/mol. The van der Waals surface area contributed by atoms with E-state index in [2.05, 4.69) is 10.3 Å². The van der Waals surface area contributed by atoms with Gasteiger partial charge in [0.15, 0.2) is 0 Å². The van der Waals surface area contributed by atoms with Gasteiger partial charge in [-0.1, -0.05) is 6.07 Å². The standard InChI is InChI=1S/C17H13F2N3O2/c18-10-2-3-11(13(19)5-10)14-4-1-9(7-20-14)12-6-15(12)22-16(23)8-21-17(22)24/h1-5,7,12,15H,6,8H2,(H,21,24)/t12-,15+/m1/s1. The smallest absolute Gasteiger partial charge is 0.324 e. The van der Waals surface area contributed by atoms with E-state index in [4.69, 9.17) is 0 Å². The van der Waals surface area contributed by atoms with E-state index in [-0.39, 0.29) is 36.0 Å². The predicted molar refractivity (Wildman–Crippen MR) is 81.0 cm³/mol. The molecule has 24 heavy (non-hydrogen) atoms. The Balaban J connectivity index is 1.53. The van der Waals surface area contributed by atoms with Crippen molar-refractivity contribution in [3.8, 4) is 11.3 Å². The summed E-state index contributed by atoms with van der Waals surface area (Å²) < 4.78 is 26.8. The van der Waals surface area contributed by atoms with Crippen molar-refractivity contribution in [3.63, 3.8) is 0 Å². The van der Waals surface area contributed by atoms with Crippen LogP contribution in [0.5, 0.6) is 0 Å². The van der Waals surface area contributed by atoms with Crippen molar-refractivity contribution in [1.29, 1.82) is 0 Å². The Morgan fingerprint density at radius 2 is 2.00 bits per heavy atom. The van der Waals surface area contributed by atoms with E-state index in [9.17, 15) is 18.4 Å². The van der Waals surface area contributed by atoms with Gasteiger partial charge >= 0.3 is 6.03 Å². The number of hydrogen-bond acceptors (Lipinski definition) is 3. The lowest BCUT2D eigenvalue weighted by Crippen LogP contribution is -2.33. The van der Waals surface area contributed by atoms with Gasteiger partial charge in [0.25, 0.3) is 0 Å². The minimum absolute atomic E-state index is 0.0447. The molecule has 1 saturated carbocycles. The molecule has 1 aliphatic carbocycles. The molecule has 0 radical (unpaired) electrons. The molecule has 7 heteroatoms. The Hall–Kier alpha value is -2.83. The molecule has 3 amide bonds. The zero-order valence-electron chi connectivity index (χ0n) is 12.5. The highest BCUT2D eigenvalue weighted by atomic mass is 19.1. The van der Waals surface area contributed by atoms with Crippen LogP contribution in [0, 0.1) is 11.6 Å². The number of urea groups is 1. The third kappa shape index (κ3) is 2.42. The number of aromatic nitrogens is 1. The van der Waals surface area contributed by atoms with Gasteiger partial charge in [0, 0.05) is 29.8 Å². The second-order valence-electron chi connectivity index (χ2n) is 5.93. The lowest BCUT2D eigenvalue weighted by molar-refractivity contribution is -0.125. The Morgan fingerprint density at radius 1 is 1.17 bits per heavy atom. The van der Waals surface area contributed by atoms with Crippen LogP contribution in [0.3, 0.4) is 0 Å². The maximum absolute atomic E-state index is 13.8. The fourth-order valence-corrected chi connectivity index (χ4v) is 3.08. The second kappa shape index (κ2) is 5.36. The highest BCUT2D eigenvalue weighted by molar-refractivity contribution is 6.02. The van der Waals surface area contributed by atoms with Gasteiger partial charge in [-0.25, -0.2) is 13.6 Å².